The fourth-order valence-corrected chi connectivity index (χ4v) is 1.28. The highest BCUT2D eigenvalue weighted by Crippen LogP contribution is 2.16. The third-order valence-electron chi connectivity index (χ3n) is 2.06. The lowest BCUT2D eigenvalue weighted by Gasteiger charge is -2.19. The van der Waals surface area contributed by atoms with E-state index in [0.29, 0.717) is 32.7 Å². The highest BCUT2D eigenvalue weighted by molar-refractivity contribution is 5.79. The first-order valence-corrected chi connectivity index (χ1v) is 4.53. The lowest BCUT2D eigenvalue weighted by atomic mass is 10.0. The van der Waals surface area contributed by atoms with Gasteiger partial charge in [0.15, 0.2) is 0 Å². The summed E-state index contributed by atoms with van der Waals surface area (Å²) in [5.41, 5.74) is -0.781. The molecule has 0 radical (unpaired) electrons. The minimum Gasteiger partial charge on any atom is -0.478 e. The summed E-state index contributed by atoms with van der Waals surface area (Å²) in [5, 5.41) is 21.0. The van der Waals surface area contributed by atoms with Gasteiger partial charge >= 0.3 is 5.97 Å². The predicted octanol–water partition coefficient (Wildman–Crippen LogP) is -0.632. The number of ether oxygens (including phenoxy) is 1. The van der Waals surface area contributed by atoms with Crippen molar-refractivity contribution in [1.29, 1.82) is 0 Å². The topological polar surface area (TPSA) is 78.8 Å². The Morgan fingerprint density at radius 3 is 3.00 bits per heavy atom. The predicted molar refractivity (Wildman–Crippen MR) is 50.0 cm³/mol. The molecule has 5 heteroatoms. The van der Waals surface area contributed by atoms with Crippen LogP contribution in [0.1, 0.15) is 6.42 Å². The minimum absolute atomic E-state index is 0.350. The first kappa shape index (κ1) is 11.2. The van der Waals surface area contributed by atoms with Crippen LogP contribution in [0.2, 0.25) is 0 Å². The summed E-state index contributed by atoms with van der Waals surface area (Å²) < 4.78 is 5.05. The van der Waals surface area contributed by atoms with Crippen molar-refractivity contribution in [2.45, 2.75) is 12.0 Å². The number of hydrogen-bond donors (Lipinski definition) is 3. The fraction of sp³-hybridized carbons (Fsp3) is 0.667. The first-order chi connectivity index (χ1) is 6.62. The van der Waals surface area contributed by atoms with Gasteiger partial charge in [0, 0.05) is 32.2 Å². The smallest absolute Gasteiger partial charge is 0.328 e. The molecular weight excluding hydrogens is 186 g/mol. The van der Waals surface area contributed by atoms with Crippen molar-refractivity contribution in [3.05, 3.63) is 12.2 Å². The van der Waals surface area contributed by atoms with Crippen LogP contribution >= 0.6 is 0 Å². The summed E-state index contributed by atoms with van der Waals surface area (Å²) in [6.07, 6.45) is 3.20. The van der Waals surface area contributed by atoms with E-state index in [1.165, 1.54) is 6.08 Å². The Kier molecular flexibility index (Phi) is 4.06. The van der Waals surface area contributed by atoms with Crippen LogP contribution in [0.3, 0.4) is 0 Å². The summed E-state index contributed by atoms with van der Waals surface area (Å²) in [6.45, 7) is 1.80. The molecule has 0 aliphatic carbocycles. The van der Waals surface area contributed by atoms with Gasteiger partial charge in [-0.1, -0.05) is 6.08 Å². The largest absolute Gasteiger partial charge is 0.478 e. The first-order valence-electron chi connectivity index (χ1n) is 4.53. The zero-order valence-electron chi connectivity index (χ0n) is 7.90. The Balaban J connectivity index is 2.11. The van der Waals surface area contributed by atoms with E-state index in [-0.39, 0.29) is 0 Å². The van der Waals surface area contributed by atoms with E-state index in [0.717, 1.165) is 6.08 Å². The number of hydrogen-bond acceptors (Lipinski definition) is 4. The van der Waals surface area contributed by atoms with Gasteiger partial charge in [0.05, 0.1) is 6.61 Å². The van der Waals surface area contributed by atoms with Gasteiger partial charge in [0.1, 0.15) is 5.60 Å². The Morgan fingerprint density at radius 1 is 1.64 bits per heavy atom. The molecule has 1 aliphatic rings. The van der Waals surface area contributed by atoms with Crippen LogP contribution in [0, 0.1) is 0 Å². The molecule has 0 aromatic rings. The standard InChI is InChI=1S/C9H15NO4/c11-8(12)2-1-4-10-6-9(13)3-5-14-7-9/h1-2,10,13H,3-7H2,(H,11,12)/b2-1+. The van der Waals surface area contributed by atoms with Crippen molar-refractivity contribution in [2.24, 2.45) is 0 Å². The normalized spacial score (nSPS) is 27.2. The van der Waals surface area contributed by atoms with Crippen molar-refractivity contribution in [1.82, 2.24) is 5.32 Å². The molecule has 0 saturated carbocycles. The summed E-state index contributed by atoms with van der Waals surface area (Å²) in [5.74, 6) is -0.963. The van der Waals surface area contributed by atoms with Crippen LogP contribution in [-0.2, 0) is 9.53 Å². The van der Waals surface area contributed by atoms with Crippen molar-refractivity contribution in [3.8, 4) is 0 Å². The molecule has 0 aromatic heterocycles. The molecule has 0 spiro atoms. The minimum atomic E-state index is -0.963. The lowest BCUT2D eigenvalue weighted by Crippen LogP contribution is -2.41. The van der Waals surface area contributed by atoms with Crippen molar-refractivity contribution in [3.63, 3.8) is 0 Å². The van der Waals surface area contributed by atoms with Gasteiger partial charge in [-0.3, -0.25) is 0 Å². The number of carboxylic acid groups (broad SMARTS) is 1. The second-order valence-corrected chi connectivity index (χ2v) is 3.40. The lowest BCUT2D eigenvalue weighted by molar-refractivity contribution is -0.131. The van der Waals surface area contributed by atoms with E-state index >= 15 is 0 Å². The molecule has 14 heavy (non-hydrogen) atoms. The molecule has 1 saturated heterocycles. The van der Waals surface area contributed by atoms with Gasteiger partial charge in [-0.2, -0.15) is 0 Å². The molecule has 5 nitrogen and oxygen atoms in total. The highest BCUT2D eigenvalue weighted by Gasteiger charge is 2.31. The number of nitrogens with one attached hydrogen (secondary N) is 1. The van der Waals surface area contributed by atoms with E-state index in [4.69, 9.17) is 9.84 Å². The maximum Gasteiger partial charge on any atom is 0.328 e. The molecule has 80 valence electrons. The van der Waals surface area contributed by atoms with Gasteiger partial charge in [-0.05, 0) is 0 Å². The molecule has 1 rings (SSSR count). The van der Waals surface area contributed by atoms with Crippen molar-refractivity contribution in [2.75, 3.05) is 26.3 Å². The van der Waals surface area contributed by atoms with Crippen LogP contribution in [-0.4, -0.2) is 48.1 Å². The fourth-order valence-electron chi connectivity index (χ4n) is 1.28. The molecule has 3 N–H and O–H groups in total. The average Bonchev–Trinajstić information content (AvgIpc) is 2.51. The molecular formula is C9H15NO4. The van der Waals surface area contributed by atoms with Crippen molar-refractivity contribution < 1.29 is 19.7 Å². The van der Waals surface area contributed by atoms with Gasteiger partial charge in [-0.25, -0.2) is 4.79 Å². The number of rotatable bonds is 5. The Morgan fingerprint density at radius 2 is 2.43 bits per heavy atom. The summed E-state index contributed by atoms with van der Waals surface area (Å²) in [6, 6.07) is 0. The molecule has 1 fully saturated rings. The highest BCUT2D eigenvalue weighted by atomic mass is 16.5. The monoisotopic (exact) mass is 201 g/mol. The third-order valence-corrected chi connectivity index (χ3v) is 2.06. The number of carboxylic acids is 1. The Hall–Kier alpha value is -0.910. The van der Waals surface area contributed by atoms with Crippen LogP contribution in [0.15, 0.2) is 12.2 Å². The molecule has 0 amide bonds. The van der Waals surface area contributed by atoms with Crippen LogP contribution in [0.4, 0.5) is 0 Å². The molecule has 1 unspecified atom stereocenters. The quantitative estimate of drug-likeness (QED) is 0.407. The zero-order chi connectivity index (χ0) is 10.4. The van der Waals surface area contributed by atoms with Gasteiger partial charge in [0.25, 0.3) is 0 Å². The molecule has 1 atom stereocenters. The van der Waals surface area contributed by atoms with Crippen LogP contribution in [0.5, 0.6) is 0 Å². The maximum absolute atomic E-state index is 10.1. The average molecular weight is 201 g/mol. The molecule has 1 heterocycles. The van der Waals surface area contributed by atoms with Crippen molar-refractivity contribution >= 4 is 5.97 Å². The van der Waals surface area contributed by atoms with E-state index < -0.39 is 11.6 Å². The second kappa shape index (κ2) is 5.09. The molecule has 1 aliphatic heterocycles. The number of aliphatic hydroxyl groups is 1. The van der Waals surface area contributed by atoms with E-state index in [1.54, 1.807) is 0 Å². The Labute approximate surface area is 82.4 Å². The summed E-state index contributed by atoms with van der Waals surface area (Å²) in [4.78, 5) is 10.1. The summed E-state index contributed by atoms with van der Waals surface area (Å²) >= 11 is 0. The third kappa shape index (κ3) is 3.87. The van der Waals surface area contributed by atoms with Gasteiger partial charge in [0.2, 0.25) is 0 Å². The van der Waals surface area contributed by atoms with Crippen LogP contribution < -0.4 is 5.32 Å². The molecule has 0 aromatic carbocycles. The van der Waals surface area contributed by atoms with Crippen LogP contribution in [0.25, 0.3) is 0 Å². The van der Waals surface area contributed by atoms with Gasteiger partial charge < -0.3 is 20.3 Å². The second-order valence-electron chi connectivity index (χ2n) is 3.40. The zero-order valence-corrected chi connectivity index (χ0v) is 7.90. The summed E-state index contributed by atoms with van der Waals surface area (Å²) in [7, 11) is 0. The SMILES string of the molecule is O=C(O)/C=C/CNCC1(O)CCOC1. The van der Waals surface area contributed by atoms with E-state index in [9.17, 15) is 9.90 Å². The van der Waals surface area contributed by atoms with E-state index in [2.05, 4.69) is 5.32 Å². The Bertz CT molecular complexity index is 221. The number of carbonyl (C=O) groups is 1. The maximum atomic E-state index is 10.1. The van der Waals surface area contributed by atoms with E-state index in [1.807, 2.05) is 0 Å². The molecule has 0 bridgehead atoms. The van der Waals surface area contributed by atoms with Gasteiger partial charge in [-0.15, -0.1) is 0 Å². The number of aliphatic carboxylic acids is 1.